The Bertz CT molecular complexity index is 691. The lowest BCUT2D eigenvalue weighted by atomic mass is 9.97. The Hall–Kier alpha value is -2.10. The first kappa shape index (κ1) is 17.3. The van der Waals surface area contributed by atoms with Gasteiger partial charge in [-0.1, -0.05) is 32.0 Å². The molecule has 4 nitrogen and oxygen atoms in total. The molecule has 1 heterocycles. The highest BCUT2D eigenvalue weighted by Crippen LogP contribution is 2.33. The fourth-order valence-electron chi connectivity index (χ4n) is 2.94. The molecule has 1 aromatic carbocycles. The second-order valence-corrected chi connectivity index (χ2v) is 5.81. The van der Waals surface area contributed by atoms with Crippen LogP contribution in [-0.4, -0.2) is 30.6 Å². The van der Waals surface area contributed by atoms with Gasteiger partial charge in [0.15, 0.2) is 0 Å². The van der Waals surface area contributed by atoms with E-state index in [4.69, 9.17) is 4.74 Å². The maximum atomic E-state index is 12.4. The number of carbonyl (C=O) groups excluding carboxylic acids is 1. The van der Waals surface area contributed by atoms with Crippen LogP contribution in [0.2, 0.25) is 0 Å². The third kappa shape index (κ3) is 3.31. The molecule has 0 aliphatic rings. The van der Waals surface area contributed by atoms with E-state index in [9.17, 15) is 4.79 Å². The molecular weight excluding hydrogens is 288 g/mol. The fraction of sp³-hybridized carbons (Fsp3) is 0.474. The summed E-state index contributed by atoms with van der Waals surface area (Å²) in [6.07, 6.45) is 1.67. The molecule has 0 N–H and O–H groups in total. The largest absolute Gasteiger partial charge is 0.462 e. The number of nitrogens with zero attached hydrogens (tertiary/aromatic N) is 2. The molecule has 1 aromatic heterocycles. The summed E-state index contributed by atoms with van der Waals surface area (Å²) in [6, 6.07) is 6.20. The molecular formula is C19H26N2O2. The molecule has 0 aliphatic carbocycles. The van der Waals surface area contributed by atoms with Gasteiger partial charge >= 0.3 is 5.97 Å². The normalized spacial score (nSPS) is 11.0. The highest BCUT2D eigenvalue weighted by Gasteiger charge is 2.21. The Kier molecular flexibility index (Phi) is 5.59. The maximum absolute atomic E-state index is 12.4. The molecule has 0 saturated carbocycles. The monoisotopic (exact) mass is 314 g/mol. The van der Waals surface area contributed by atoms with Gasteiger partial charge in [-0.25, -0.2) is 4.79 Å². The van der Waals surface area contributed by atoms with Crippen LogP contribution < -0.4 is 4.90 Å². The number of para-hydroxylation sites is 1. The molecule has 4 heteroatoms. The van der Waals surface area contributed by atoms with Crippen LogP contribution >= 0.6 is 0 Å². The number of esters is 1. The van der Waals surface area contributed by atoms with Crippen LogP contribution in [0.3, 0.4) is 0 Å². The predicted molar refractivity (Wildman–Crippen MR) is 95.3 cm³/mol. The third-order valence-electron chi connectivity index (χ3n) is 4.10. The minimum atomic E-state index is -0.307. The standard InChI is InChI=1S/C19H26N2O2/c1-6-21(7-2)18-15-11-9-10-14(13(4)5)17(15)20-12-16(18)19(22)23-8-3/h9-13H,6-8H2,1-5H3. The number of fused-ring (bicyclic) bond motifs is 1. The van der Waals surface area contributed by atoms with Crippen molar-refractivity contribution in [2.75, 3.05) is 24.6 Å². The molecule has 124 valence electrons. The van der Waals surface area contributed by atoms with E-state index in [0.29, 0.717) is 18.1 Å². The van der Waals surface area contributed by atoms with E-state index in [1.54, 1.807) is 6.20 Å². The van der Waals surface area contributed by atoms with E-state index in [1.165, 1.54) is 5.56 Å². The highest BCUT2D eigenvalue weighted by atomic mass is 16.5. The number of rotatable bonds is 6. The van der Waals surface area contributed by atoms with Gasteiger partial charge in [-0.15, -0.1) is 0 Å². The van der Waals surface area contributed by atoms with Crippen molar-refractivity contribution in [2.45, 2.75) is 40.5 Å². The summed E-state index contributed by atoms with van der Waals surface area (Å²) >= 11 is 0. The van der Waals surface area contributed by atoms with Crippen LogP contribution in [-0.2, 0) is 4.74 Å². The van der Waals surface area contributed by atoms with Gasteiger partial charge in [-0.2, -0.15) is 0 Å². The Labute approximate surface area is 138 Å². The number of aromatic nitrogens is 1. The molecule has 0 atom stereocenters. The zero-order valence-corrected chi connectivity index (χ0v) is 14.7. The summed E-state index contributed by atoms with van der Waals surface area (Å²) in [5, 5.41) is 1.02. The Morgan fingerprint density at radius 3 is 2.48 bits per heavy atom. The molecule has 2 rings (SSSR count). The molecule has 0 saturated heterocycles. The molecule has 2 aromatic rings. The second kappa shape index (κ2) is 7.44. The van der Waals surface area contributed by atoms with Crippen LogP contribution in [0.5, 0.6) is 0 Å². The molecule has 0 radical (unpaired) electrons. The van der Waals surface area contributed by atoms with Gasteiger partial charge < -0.3 is 9.64 Å². The second-order valence-electron chi connectivity index (χ2n) is 5.81. The van der Waals surface area contributed by atoms with Crippen LogP contribution in [0.4, 0.5) is 5.69 Å². The number of ether oxygens (including phenoxy) is 1. The van der Waals surface area contributed by atoms with Crippen LogP contribution in [0.15, 0.2) is 24.4 Å². The maximum Gasteiger partial charge on any atom is 0.341 e. The van der Waals surface area contributed by atoms with E-state index in [2.05, 4.69) is 43.6 Å². The van der Waals surface area contributed by atoms with Crippen molar-refractivity contribution in [3.63, 3.8) is 0 Å². The van der Waals surface area contributed by atoms with Crippen LogP contribution in [0.25, 0.3) is 10.9 Å². The fourth-order valence-corrected chi connectivity index (χ4v) is 2.94. The molecule has 0 unspecified atom stereocenters. The van der Waals surface area contributed by atoms with Crippen molar-refractivity contribution < 1.29 is 9.53 Å². The van der Waals surface area contributed by atoms with Crippen LogP contribution in [0, 0.1) is 0 Å². The number of anilines is 1. The van der Waals surface area contributed by atoms with E-state index >= 15 is 0 Å². The summed E-state index contributed by atoms with van der Waals surface area (Å²) < 4.78 is 5.23. The lowest BCUT2D eigenvalue weighted by molar-refractivity contribution is 0.0527. The zero-order valence-electron chi connectivity index (χ0n) is 14.7. The van der Waals surface area contributed by atoms with Gasteiger partial charge in [0.1, 0.15) is 5.56 Å². The lowest BCUT2D eigenvalue weighted by Crippen LogP contribution is -2.25. The van der Waals surface area contributed by atoms with E-state index < -0.39 is 0 Å². The smallest absolute Gasteiger partial charge is 0.341 e. The van der Waals surface area contributed by atoms with Crippen molar-refractivity contribution in [3.05, 3.63) is 35.5 Å². The first-order valence-electron chi connectivity index (χ1n) is 8.38. The number of carbonyl (C=O) groups is 1. The van der Waals surface area contributed by atoms with E-state index in [0.717, 1.165) is 29.7 Å². The number of hydrogen-bond acceptors (Lipinski definition) is 4. The Balaban J connectivity index is 2.78. The summed E-state index contributed by atoms with van der Waals surface area (Å²) in [5.41, 5.74) is 3.65. The van der Waals surface area contributed by atoms with Crippen LogP contribution in [0.1, 0.15) is 56.5 Å². The molecule has 0 fully saturated rings. The summed E-state index contributed by atoms with van der Waals surface area (Å²) in [5.74, 6) is 0.0722. The molecule has 0 spiro atoms. The number of hydrogen-bond donors (Lipinski definition) is 0. The van der Waals surface area contributed by atoms with Gasteiger partial charge in [-0.3, -0.25) is 4.98 Å². The van der Waals surface area contributed by atoms with Gasteiger partial charge in [0.25, 0.3) is 0 Å². The van der Waals surface area contributed by atoms with Gasteiger partial charge in [-0.05, 0) is 32.3 Å². The third-order valence-corrected chi connectivity index (χ3v) is 4.10. The SMILES string of the molecule is CCOC(=O)c1cnc2c(C(C)C)cccc2c1N(CC)CC. The van der Waals surface area contributed by atoms with Gasteiger partial charge in [0.2, 0.25) is 0 Å². The Morgan fingerprint density at radius 2 is 1.91 bits per heavy atom. The summed E-state index contributed by atoms with van der Waals surface area (Å²) in [7, 11) is 0. The van der Waals surface area contributed by atoms with Crippen molar-refractivity contribution in [2.24, 2.45) is 0 Å². The summed E-state index contributed by atoms with van der Waals surface area (Å²) in [6.45, 7) is 12.3. The topological polar surface area (TPSA) is 42.4 Å². The van der Waals surface area contributed by atoms with Gasteiger partial charge in [0, 0.05) is 24.7 Å². The first-order valence-corrected chi connectivity index (χ1v) is 8.38. The van der Waals surface area contributed by atoms with Crippen molar-refractivity contribution in [3.8, 4) is 0 Å². The first-order chi connectivity index (χ1) is 11.0. The predicted octanol–water partition coefficient (Wildman–Crippen LogP) is 4.38. The average molecular weight is 314 g/mol. The van der Waals surface area contributed by atoms with E-state index in [1.807, 2.05) is 19.1 Å². The molecule has 0 amide bonds. The number of pyridine rings is 1. The van der Waals surface area contributed by atoms with Gasteiger partial charge in [0.05, 0.1) is 17.8 Å². The zero-order chi connectivity index (χ0) is 17.0. The quantitative estimate of drug-likeness (QED) is 0.742. The minimum Gasteiger partial charge on any atom is -0.462 e. The Morgan fingerprint density at radius 1 is 1.22 bits per heavy atom. The van der Waals surface area contributed by atoms with Crippen molar-refractivity contribution >= 4 is 22.6 Å². The summed E-state index contributed by atoms with van der Waals surface area (Å²) in [4.78, 5) is 19.2. The molecule has 0 bridgehead atoms. The average Bonchev–Trinajstić information content (AvgIpc) is 2.55. The molecule has 0 aliphatic heterocycles. The van der Waals surface area contributed by atoms with Crippen molar-refractivity contribution in [1.82, 2.24) is 4.98 Å². The molecule has 23 heavy (non-hydrogen) atoms. The number of benzene rings is 1. The lowest BCUT2D eigenvalue weighted by Gasteiger charge is -2.25. The van der Waals surface area contributed by atoms with E-state index in [-0.39, 0.29) is 5.97 Å². The van der Waals surface area contributed by atoms with Crippen molar-refractivity contribution in [1.29, 1.82) is 0 Å². The highest BCUT2D eigenvalue weighted by molar-refractivity contribution is 6.06. The minimum absolute atomic E-state index is 0.307.